The molecule has 0 aliphatic carbocycles. The van der Waals surface area contributed by atoms with E-state index in [0.717, 1.165) is 16.7 Å². The van der Waals surface area contributed by atoms with Gasteiger partial charge in [0.2, 0.25) is 5.75 Å². The van der Waals surface area contributed by atoms with Gasteiger partial charge in [-0.25, -0.2) is 4.98 Å². The van der Waals surface area contributed by atoms with Crippen LogP contribution < -0.4 is 14.2 Å². The van der Waals surface area contributed by atoms with Crippen LogP contribution in [-0.4, -0.2) is 52.1 Å². The first-order chi connectivity index (χ1) is 17.6. The van der Waals surface area contributed by atoms with Gasteiger partial charge in [0.05, 0.1) is 49.8 Å². The summed E-state index contributed by atoms with van der Waals surface area (Å²) in [5.41, 5.74) is 3.49. The molecule has 0 unspecified atom stereocenters. The lowest BCUT2D eigenvalue weighted by molar-refractivity contribution is 0.105. The molecule has 36 heavy (non-hydrogen) atoms. The van der Waals surface area contributed by atoms with E-state index in [2.05, 4.69) is 20.2 Å². The highest BCUT2D eigenvalue weighted by atomic mass is 16.5. The number of ketones is 1. The molecular weight excluding hydrogens is 458 g/mol. The van der Waals surface area contributed by atoms with Crippen molar-refractivity contribution in [2.75, 3.05) is 21.3 Å². The minimum atomic E-state index is -0.303. The summed E-state index contributed by atoms with van der Waals surface area (Å²) < 4.78 is 16.3. The van der Waals surface area contributed by atoms with Gasteiger partial charge in [0.1, 0.15) is 11.5 Å². The molecule has 9 heteroatoms. The Morgan fingerprint density at radius 2 is 1.61 bits per heavy atom. The Labute approximate surface area is 207 Å². The van der Waals surface area contributed by atoms with Gasteiger partial charge >= 0.3 is 0 Å². The summed E-state index contributed by atoms with van der Waals surface area (Å²) in [5, 5.41) is 8.88. The molecule has 0 saturated carbocycles. The van der Waals surface area contributed by atoms with Gasteiger partial charge in [-0.15, -0.1) is 5.10 Å². The molecule has 5 aromatic rings. The molecule has 1 N–H and O–H groups in total. The van der Waals surface area contributed by atoms with Crippen molar-refractivity contribution in [1.29, 1.82) is 0 Å². The van der Waals surface area contributed by atoms with Crippen LogP contribution in [0.2, 0.25) is 0 Å². The van der Waals surface area contributed by atoms with Crippen LogP contribution in [0.3, 0.4) is 0 Å². The topological polar surface area (TPSA) is 104 Å². The summed E-state index contributed by atoms with van der Waals surface area (Å²) in [4.78, 5) is 23.3. The normalized spacial score (nSPS) is 11.5. The number of aromatic nitrogens is 5. The van der Waals surface area contributed by atoms with Gasteiger partial charge in [-0.2, -0.15) is 9.90 Å². The molecule has 9 nitrogen and oxygen atoms in total. The smallest absolute Gasteiger partial charge is 0.203 e. The molecule has 0 aliphatic heterocycles. The second-order valence-corrected chi connectivity index (χ2v) is 7.80. The minimum Gasteiger partial charge on any atom is -0.493 e. The van der Waals surface area contributed by atoms with E-state index in [1.165, 1.54) is 26.1 Å². The van der Waals surface area contributed by atoms with Gasteiger partial charge in [-0.05, 0) is 42.5 Å². The van der Waals surface area contributed by atoms with Crippen molar-refractivity contribution in [3.05, 3.63) is 90.0 Å². The maximum atomic E-state index is 13.9. The average molecular weight is 482 g/mol. The fourth-order valence-electron chi connectivity index (χ4n) is 3.86. The van der Waals surface area contributed by atoms with Gasteiger partial charge in [-0.3, -0.25) is 4.79 Å². The van der Waals surface area contributed by atoms with Crippen LogP contribution in [0.1, 0.15) is 21.9 Å². The molecule has 2 heterocycles. The molecule has 0 spiro atoms. The Bertz CT molecular complexity index is 1510. The number of para-hydroxylation sites is 3. The molecule has 0 amide bonds. The number of nitrogens with one attached hydrogen (secondary N) is 1. The number of hydrogen-bond donors (Lipinski definition) is 1. The summed E-state index contributed by atoms with van der Waals surface area (Å²) in [7, 11) is 4.52. The number of rotatable bonds is 8. The van der Waals surface area contributed by atoms with Crippen LogP contribution >= 0.6 is 0 Å². The monoisotopic (exact) mass is 481 g/mol. The summed E-state index contributed by atoms with van der Waals surface area (Å²) in [6.45, 7) is 0. The number of imidazole rings is 1. The zero-order chi connectivity index (χ0) is 25.1. The predicted octanol–water partition coefficient (Wildman–Crippen LogP) is 4.59. The lowest BCUT2D eigenvalue weighted by Gasteiger charge is -2.14. The van der Waals surface area contributed by atoms with Gasteiger partial charge in [-0.1, -0.05) is 30.3 Å². The van der Waals surface area contributed by atoms with Crippen molar-refractivity contribution in [2.24, 2.45) is 0 Å². The van der Waals surface area contributed by atoms with Crippen LogP contribution in [0.5, 0.6) is 17.2 Å². The van der Waals surface area contributed by atoms with Crippen LogP contribution in [0.4, 0.5) is 0 Å². The largest absolute Gasteiger partial charge is 0.493 e. The number of H-pyrrole nitrogens is 1. The number of hydrogen-bond acceptors (Lipinski definition) is 7. The number of methoxy groups -OCH3 is 3. The SMILES string of the molecule is COc1cc(C(=O)C(=Cc2cnn(-c3ccccc3)n2)c2nc3ccccc3[nH]2)cc(OC)c1OC. The predicted molar refractivity (Wildman–Crippen MR) is 136 cm³/mol. The highest BCUT2D eigenvalue weighted by Gasteiger charge is 2.23. The summed E-state index contributed by atoms with van der Waals surface area (Å²) in [5.74, 6) is 1.25. The Hall–Kier alpha value is -4.92. The summed E-state index contributed by atoms with van der Waals surface area (Å²) in [6.07, 6.45) is 3.26. The maximum Gasteiger partial charge on any atom is 0.203 e. The van der Waals surface area contributed by atoms with Crippen molar-refractivity contribution in [3.8, 4) is 22.9 Å². The first-order valence-electron chi connectivity index (χ1n) is 11.1. The lowest BCUT2D eigenvalue weighted by atomic mass is 10.0. The van der Waals surface area contributed by atoms with Crippen molar-refractivity contribution in [1.82, 2.24) is 25.0 Å². The highest BCUT2D eigenvalue weighted by molar-refractivity contribution is 6.32. The molecule has 0 fully saturated rings. The number of Topliss-reactive ketones (excluding diaryl/α,β-unsaturated/α-hetero) is 1. The van der Waals surface area contributed by atoms with Gasteiger partial charge in [0.25, 0.3) is 0 Å². The number of carbonyl (C=O) groups is 1. The first kappa shape index (κ1) is 22.9. The third kappa shape index (κ3) is 4.29. The maximum absolute atomic E-state index is 13.9. The third-order valence-corrected chi connectivity index (χ3v) is 5.60. The number of allylic oxidation sites excluding steroid dienone is 1. The zero-order valence-electron chi connectivity index (χ0n) is 19.9. The molecular formula is C27H23N5O4. The van der Waals surface area contributed by atoms with Crippen molar-refractivity contribution < 1.29 is 19.0 Å². The lowest BCUT2D eigenvalue weighted by Crippen LogP contribution is -2.07. The molecule has 3 aromatic carbocycles. The van der Waals surface area contributed by atoms with Crippen molar-refractivity contribution >= 4 is 28.5 Å². The second kappa shape index (κ2) is 9.75. The standard InChI is InChI=1S/C27H23N5O4/c1-34-23-13-17(14-24(35-2)26(23)36-3)25(33)20(27-29-21-11-7-8-12-22(21)30-27)15-18-16-28-32(31-18)19-9-5-4-6-10-19/h4-16H,1-3H3,(H,29,30). The Morgan fingerprint density at radius 1 is 0.917 bits per heavy atom. The van der Waals surface area contributed by atoms with Crippen LogP contribution in [0.25, 0.3) is 28.4 Å². The van der Waals surface area contributed by atoms with E-state index < -0.39 is 0 Å². The zero-order valence-corrected chi connectivity index (χ0v) is 19.9. The Morgan fingerprint density at radius 3 is 2.28 bits per heavy atom. The van der Waals surface area contributed by atoms with Gasteiger partial charge in [0, 0.05) is 5.56 Å². The fraction of sp³-hybridized carbons (Fsp3) is 0.111. The van der Waals surface area contributed by atoms with Crippen molar-refractivity contribution in [3.63, 3.8) is 0 Å². The Balaban J connectivity index is 1.64. The van der Waals surface area contributed by atoms with Gasteiger partial charge in [0.15, 0.2) is 17.3 Å². The third-order valence-electron chi connectivity index (χ3n) is 5.60. The first-order valence-corrected chi connectivity index (χ1v) is 11.1. The average Bonchev–Trinajstić information content (AvgIpc) is 3.58. The van der Waals surface area contributed by atoms with E-state index in [9.17, 15) is 4.79 Å². The number of aromatic amines is 1. The molecule has 0 aliphatic rings. The van der Waals surface area contributed by atoms with Gasteiger partial charge < -0.3 is 19.2 Å². The minimum absolute atomic E-state index is 0.303. The van der Waals surface area contributed by atoms with E-state index in [1.807, 2.05) is 54.6 Å². The van der Waals surface area contributed by atoms with E-state index in [4.69, 9.17) is 14.2 Å². The number of ether oxygens (including phenoxy) is 3. The fourth-order valence-corrected chi connectivity index (χ4v) is 3.86. The molecule has 0 atom stereocenters. The van der Waals surface area contributed by atoms with E-state index >= 15 is 0 Å². The van der Waals surface area contributed by atoms with E-state index in [0.29, 0.717) is 39.9 Å². The van der Waals surface area contributed by atoms with E-state index in [-0.39, 0.29) is 5.78 Å². The number of fused-ring (bicyclic) bond motifs is 1. The summed E-state index contributed by atoms with van der Waals surface area (Å²) >= 11 is 0. The molecule has 5 rings (SSSR count). The molecule has 0 radical (unpaired) electrons. The molecule has 2 aromatic heterocycles. The molecule has 0 saturated heterocycles. The molecule has 0 bridgehead atoms. The van der Waals surface area contributed by atoms with Crippen LogP contribution in [-0.2, 0) is 0 Å². The second-order valence-electron chi connectivity index (χ2n) is 7.80. The quantitative estimate of drug-likeness (QED) is 0.255. The van der Waals surface area contributed by atoms with Crippen LogP contribution in [0.15, 0.2) is 72.9 Å². The highest BCUT2D eigenvalue weighted by Crippen LogP contribution is 2.39. The number of benzene rings is 3. The Kier molecular flexibility index (Phi) is 6.19. The van der Waals surface area contributed by atoms with Crippen molar-refractivity contribution in [2.45, 2.75) is 0 Å². The van der Waals surface area contributed by atoms with Crippen LogP contribution in [0, 0.1) is 0 Å². The van der Waals surface area contributed by atoms with E-state index in [1.54, 1.807) is 24.4 Å². The summed E-state index contributed by atoms with van der Waals surface area (Å²) in [6, 6.07) is 20.3. The number of nitrogens with zero attached hydrogens (tertiary/aromatic N) is 4. The number of carbonyl (C=O) groups excluding carboxylic acids is 1. The molecule has 180 valence electrons.